The second-order valence-electron chi connectivity index (χ2n) is 3.52. The fourth-order valence-corrected chi connectivity index (χ4v) is 1.67. The van der Waals surface area contributed by atoms with Crippen LogP contribution < -0.4 is 0 Å². The van der Waals surface area contributed by atoms with Crippen molar-refractivity contribution in [2.75, 3.05) is 0 Å². The van der Waals surface area contributed by atoms with Crippen LogP contribution in [0.2, 0.25) is 0 Å². The van der Waals surface area contributed by atoms with Crippen molar-refractivity contribution in [2.24, 2.45) is 0 Å². The van der Waals surface area contributed by atoms with Crippen molar-refractivity contribution in [3.05, 3.63) is 24.0 Å². The molecule has 1 N–H and O–H groups in total. The highest BCUT2D eigenvalue weighted by Crippen LogP contribution is 2.26. The van der Waals surface area contributed by atoms with Gasteiger partial charge in [-0.2, -0.15) is 0 Å². The highest BCUT2D eigenvalue weighted by atomic mass is 16.3. The smallest absolute Gasteiger partial charge is 0.190 e. The Morgan fingerprint density at radius 1 is 1.58 bits per heavy atom. The standard InChI is InChI=1S/C9H14N2O/c1-7(2)11-6-8-4-3-5-10(8)9(11)12/h3-5,7,9,12H,6H2,1-2H3. The first-order valence-corrected chi connectivity index (χ1v) is 4.29. The first kappa shape index (κ1) is 7.83. The van der Waals surface area contributed by atoms with Crippen LogP contribution in [0.5, 0.6) is 0 Å². The van der Waals surface area contributed by atoms with Crippen LogP contribution >= 0.6 is 0 Å². The van der Waals surface area contributed by atoms with E-state index in [-0.39, 0.29) is 0 Å². The normalized spacial score (nSPS) is 23.5. The SMILES string of the molecule is CC(C)N1Cc2cccn2C1O. The molecule has 2 rings (SSSR count). The molecule has 0 aromatic carbocycles. The highest BCUT2D eigenvalue weighted by molar-refractivity contribution is 5.11. The van der Waals surface area contributed by atoms with E-state index in [1.807, 2.05) is 22.9 Å². The molecule has 1 aliphatic rings. The fraction of sp³-hybridized carbons (Fsp3) is 0.556. The minimum Gasteiger partial charge on any atom is -0.360 e. The van der Waals surface area contributed by atoms with Crippen LogP contribution in [-0.4, -0.2) is 20.6 Å². The van der Waals surface area contributed by atoms with E-state index < -0.39 is 6.35 Å². The second kappa shape index (κ2) is 2.61. The number of rotatable bonds is 1. The van der Waals surface area contributed by atoms with Gasteiger partial charge in [-0.05, 0) is 26.0 Å². The Labute approximate surface area is 72.2 Å². The number of hydrogen-bond acceptors (Lipinski definition) is 2. The maximum atomic E-state index is 9.79. The third-order valence-electron chi connectivity index (χ3n) is 2.42. The quantitative estimate of drug-likeness (QED) is 0.678. The van der Waals surface area contributed by atoms with E-state index >= 15 is 0 Å². The number of aromatic nitrogens is 1. The van der Waals surface area contributed by atoms with Gasteiger partial charge in [0.05, 0.1) is 0 Å². The van der Waals surface area contributed by atoms with Gasteiger partial charge in [-0.15, -0.1) is 0 Å². The monoisotopic (exact) mass is 166 g/mol. The van der Waals surface area contributed by atoms with E-state index in [2.05, 4.69) is 18.7 Å². The molecule has 66 valence electrons. The van der Waals surface area contributed by atoms with Crippen LogP contribution in [0.15, 0.2) is 18.3 Å². The molecule has 3 heteroatoms. The summed E-state index contributed by atoms with van der Waals surface area (Å²) in [4.78, 5) is 2.05. The molecule has 0 saturated carbocycles. The van der Waals surface area contributed by atoms with Crippen LogP contribution in [0.1, 0.15) is 25.9 Å². The molecule has 1 aromatic heterocycles. The number of aliphatic hydroxyl groups is 1. The maximum Gasteiger partial charge on any atom is 0.190 e. The summed E-state index contributed by atoms with van der Waals surface area (Å²) in [7, 11) is 0. The van der Waals surface area contributed by atoms with Crippen LogP contribution in [0, 0.1) is 0 Å². The maximum absolute atomic E-state index is 9.79. The molecular formula is C9H14N2O. The van der Waals surface area contributed by atoms with Gasteiger partial charge in [0.25, 0.3) is 0 Å². The molecular weight excluding hydrogens is 152 g/mol. The summed E-state index contributed by atoms with van der Waals surface area (Å²) in [5.41, 5.74) is 1.19. The Morgan fingerprint density at radius 3 is 2.92 bits per heavy atom. The topological polar surface area (TPSA) is 28.4 Å². The number of hydrogen-bond donors (Lipinski definition) is 1. The van der Waals surface area contributed by atoms with Gasteiger partial charge >= 0.3 is 0 Å². The van der Waals surface area contributed by atoms with Gasteiger partial charge in [0.15, 0.2) is 6.35 Å². The molecule has 3 nitrogen and oxygen atoms in total. The fourth-order valence-electron chi connectivity index (χ4n) is 1.67. The summed E-state index contributed by atoms with van der Waals surface area (Å²) < 4.78 is 1.90. The van der Waals surface area contributed by atoms with E-state index in [4.69, 9.17) is 0 Å². The third kappa shape index (κ3) is 0.974. The Morgan fingerprint density at radius 2 is 2.33 bits per heavy atom. The summed E-state index contributed by atoms with van der Waals surface area (Å²) in [6, 6.07) is 4.40. The highest BCUT2D eigenvalue weighted by Gasteiger charge is 2.28. The summed E-state index contributed by atoms with van der Waals surface area (Å²) in [6.07, 6.45) is 1.46. The lowest BCUT2D eigenvalue weighted by atomic mass is 10.3. The number of fused-ring (bicyclic) bond motifs is 1. The molecule has 0 amide bonds. The van der Waals surface area contributed by atoms with Crippen molar-refractivity contribution in [1.29, 1.82) is 0 Å². The molecule has 12 heavy (non-hydrogen) atoms. The van der Waals surface area contributed by atoms with Crippen molar-refractivity contribution >= 4 is 0 Å². The van der Waals surface area contributed by atoms with Gasteiger partial charge in [-0.25, -0.2) is 0 Å². The first-order chi connectivity index (χ1) is 5.70. The van der Waals surface area contributed by atoms with Crippen molar-refractivity contribution in [2.45, 2.75) is 32.8 Å². The average Bonchev–Trinajstić information content (AvgIpc) is 2.53. The van der Waals surface area contributed by atoms with Crippen LogP contribution in [-0.2, 0) is 6.54 Å². The molecule has 2 heterocycles. The first-order valence-electron chi connectivity index (χ1n) is 4.29. The largest absolute Gasteiger partial charge is 0.360 e. The second-order valence-corrected chi connectivity index (χ2v) is 3.52. The van der Waals surface area contributed by atoms with E-state index in [9.17, 15) is 5.11 Å². The molecule has 0 bridgehead atoms. The average molecular weight is 166 g/mol. The zero-order valence-electron chi connectivity index (χ0n) is 7.44. The Hall–Kier alpha value is -0.800. The lowest BCUT2D eigenvalue weighted by Crippen LogP contribution is -2.30. The van der Waals surface area contributed by atoms with Crippen molar-refractivity contribution < 1.29 is 5.11 Å². The third-order valence-corrected chi connectivity index (χ3v) is 2.42. The van der Waals surface area contributed by atoms with Crippen LogP contribution in [0.4, 0.5) is 0 Å². The summed E-state index contributed by atoms with van der Waals surface area (Å²) in [6.45, 7) is 5.04. The van der Waals surface area contributed by atoms with Gasteiger partial charge in [0.2, 0.25) is 0 Å². The molecule has 0 fully saturated rings. The number of nitrogens with zero attached hydrogens (tertiary/aromatic N) is 2. The molecule has 0 aliphatic carbocycles. The molecule has 1 aliphatic heterocycles. The molecule has 1 aromatic rings. The van der Waals surface area contributed by atoms with E-state index in [1.54, 1.807) is 0 Å². The Balaban J connectivity index is 2.27. The predicted octanol–water partition coefficient (Wildman–Crippen LogP) is 1.16. The summed E-state index contributed by atoms with van der Waals surface area (Å²) in [5, 5.41) is 9.79. The summed E-state index contributed by atoms with van der Waals surface area (Å²) >= 11 is 0. The molecule has 0 saturated heterocycles. The predicted molar refractivity (Wildman–Crippen MR) is 46.4 cm³/mol. The van der Waals surface area contributed by atoms with Crippen molar-refractivity contribution in [3.8, 4) is 0 Å². The van der Waals surface area contributed by atoms with Gasteiger partial charge in [0.1, 0.15) is 0 Å². The van der Waals surface area contributed by atoms with Gasteiger partial charge in [0, 0.05) is 24.5 Å². The Bertz CT molecular complexity index is 280. The van der Waals surface area contributed by atoms with Gasteiger partial charge < -0.3 is 9.67 Å². The van der Waals surface area contributed by atoms with E-state index in [1.165, 1.54) is 5.69 Å². The van der Waals surface area contributed by atoms with Crippen LogP contribution in [0.3, 0.4) is 0 Å². The zero-order chi connectivity index (χ0) is 8.72. The summed E-state index contributed by atoms with van der Waals surface area (Å²) in [5.74, 6) is 0. The van der Waals surface area contributed by atoms with Crippen molar-refractivity contribution in [3.63, 3.8) is 0 Å². The molecule has 0 spiro atoms. The molecule has 1 unspecified atom stereocenters. The number of aliphatic hydroxyl groups excluding tert-OH is 1. The minimum absolute atomic E-state index is 0.389. The van der Waals surface area contributed by atoms with Crippen molar-refractivity contribution in [1.82, 2.24) is 9.47 Å². The van der Waals surface area contributed by atoms with Gasteiger partial charge in [-0.3, -0.25) is 4.90 Å². The lowest BCUT2D eigenvalue weighted by molar-refractivity contribution is -0.0507. The van der Waals surface area contributed by atoms with E-state index in [0.717, 1.165) is 6.54 Å². The zero-order valence-corrected chi connectivity index (χ0v) is 7.44. The molecule has 0 radical (unpaired) electrons. The van der Waals surface area contributed by atoms with Crippen LogP contribution in [0.25, 0.3) is 0 Å². The molecule has 1 atom stereocenters. The Kier molecular flexibility index (Phi) is 1.70. The van der Waals surface area contributed by atoms with Gasteiger partial charge in [-0.1, -0.05) is 0 Å². The minimum atomic E-state index is -0.463. The van der Waals surface area contributed by atoms with E-state index in [0.29, 0.717) is 6.04 Å². The lowest BCUT2D eigenvalue weighted by Gasteiger charge is -2.24.